The summed E-state index contributed by atoms with van der Waals surface area (Å²) in [6, 6.07) is 4.75. The minimum absolute atomic E-state index is 0.0116. The van der Waals surface area contributed by atoms with Crippen LogP contribution in [0, 0.1) is 11.9 Å². The Kier molecular flexibility index (Phi) is 6.36. The van der Waals surface area contributed by atoms with Gasteiger partial charge < -0.3 is 15.2 Å². The number of phenols is 1. The molecule has 136 valence electrons. The van der Waals surface area contributed by atoms with Gasteiger partial charge in [0.1, 0.15) is 21.5 Å². The maximum atomic E-state index is 14.1. The van der Waals surface area contributed by atoms with E-state index in [9.17, 15) is 9.50 Å². The summed E-state index contributed by atoms with van der Waals surface area (Å²) in [7, 11) is 0. The zero-order valence-electron chi connectivity index (χ0n) is 14.5. The van der Waals surface area contributed by atoms with Gasteiger partial charge >= 0.3 is 0 Å². The van der Waals surface area contributed by atoms with Gasteiger partial charge in [-0.05, 0) is 30.0 Å². The van der Waals surface area contributed by atoms with Crippen LogP contribution in [0.15, 0.2) is 18.2 Å². The second-order valence-corrected chi connectivity index (χ2v) is 7.22. The zero-order chi connectivity index (χ0) is 18.7. The van der Waals surface area contributed by atoms with Crippen molar-refractivity contribution in [2.75, 3.05) is 11.9 Å². The molecule has 0 aliphatic heterocycles. The Balaban J connectivity index is 2.40. The highest BCUT2D eigenvalue weighted by Crippen LogP contribution is 2.42. The van der Waals surface area contributed by atoms with E-state index in [1.807, 2.05) is 27.7 Å². The molecule has 0 spiro atoms. The molecule has 0 saturated heterocycles. The number of nitrogens with one attached hydrogen (secondary N) is 1. The van der Waals surface area contributed by atoms with E-state index in [4.69, 9.17) is 27.9 Å². The largest absolute Gasteiger partial charge is 0.508 e. The van der Waals surface area contributed by atoms with Crippen LogP contribution >= 0.6 is 23.2 Å². The van der Waals surface area contributed by atoms with E-state index in [2.05, 4.69) is 10.3 Å². The molecule has 1 aromatic carbocycles. The van der Waals surface area contributed by atoms with Gasteiger partial charge in [0, 0.05) is 12.1 Å². The third kappa shape index (κ3) is 4.67. The number of anilines is 1. The Labute approximate surface area is 156 Å². The summed E-state index contributed by atoms with van der Waals surface area (Å²) in [6.45, 7) is 8.48. The number of hydrogen-bond acceptors (Lipinski definition) is 4. The standard InChI is InChI=1S/C18H21Cl2FN2O2/c1-9(2)8-22-18-15(20)16(14(19)17(21)23-18)25-11-5-6-13(24)12(7-11)10(3)4/h5-7,9-10,24H,8H2,1-4H3,(H,22,23). The maximum Gasteiger partial charge on any atom is 0.237 e. The molecule has 7 heteroatoms. The summed E-state index contributed by atoms with van der Waals surface area (Å²) in [5.74, 6) is 0.275. The number of nitrogens with zero attached hydrogens (tertiary/aromatic N) is 1. The molecular weight excluding hydrogens is 366 g/mol. The smallest absolute Gasteiger partial charge is 0.237 e. The maximum absolute atomic E-state index is 14.1. The highest BCUT2D eigenvalue weighted by atomic mass is 35.5. The summed E-state index contributed by atoms with van der Waals surface area (Å²) in [6.07, 6.45) is 0. The summed E-state index contributed by atoms with van der Waals surface area (Å²) in [5.41, 5.74) is 0.706. The number of ether oxygens (including phenoxy) is 1. The van der Waals surface area contributed by atoms with Crippen LogP contribution < -0.4 is 10.1 Å². The van der Waals surface area contributed by atoms with E-state index in [0.29, 0.717) is 23.8 Å². The van der Waals surface area contributed by atoms with Crippen LogP contribution in [0.3, 0.4) is 0 Å². The average molecular weight is 387 g/mol. The second kappa shape index (κ2) is 8.11. The molecule has 0 atom stereocenters. The molecule has 0 fully saturated rings. The van der Waals surface area contributed by atoms with E-state index < -0.39 is 5.95 Å². The van der Waals surface area contributed by atoms with Crippen molar-refractivity contribution in [3.63, 3.8) is 0 Å². The number of aromatic hydroxyl groups is 1. The van der Waals surface area contributed by atoms with Crippen LogP contribution in [0.1, 0.15) is 39.2 Å². The fourth-order valence-corrected chi connectivity index (χ4v) is 2.64. The molecule has 1 heterocycles. The molecule has 0 radical (unpaired) electrons. The molecule has 0 bridgehead atoms. The van der Waals surface area contributed by atoms with Crippen molar-refractivity contribution in [3.05, 3.63) is 39.8 Å². The molecule has 2 N–H and O–H groups in total. The van der Waals surface area contributed by atoms with Gasteiger partial charge in [-0.1, -0.05) is 50.9 Å². The summed E-state index contributed by atoms with van der Waals surface area (Å²) in [4.78, 5) is 3.74. The Morgan fingerprint density at radius 3 is 2.48 bits per heavy atom. The molecule has 2 aromatic rings. The number of benzene rings is 1. The highest BCUT2D eigenvalue weighted by Gasteiger charge is 2.20. The number of pyridine rings is 1. The van der Waals surface area contributed by atoms with Gasteiger partial charge in [-0.2, -0.15) is 9.37 Å². The van der Waals surface area contributed by atoms with Gasteiger partial charge in [0.05, 0.1) is 0 Å². The quantitative estimate of drug-likeness (QED) is 0.578. The van der Waals surface area contributed by atoms with E-state index in [1.165, 1.54) is 6.07 Å². The van der Waals surface area contributed by atoms with Crippen molar-refractivity contribution >= 4 is 29.0 Å². The number of hydrogen-bond donors (Lipinski definition) is 2. The average Bonchev–Trinajstić information content (AvgIpc) is 2.54. The first-order chi connectivity index (χ1) is 11.7. The number of aromatic nitrogens is 1. The number of halogens is 3. The normalized spacial score (nSPS) is 11.2. The van der Waals surface area contributed by atoms with Gasteiger partial charge in [0.25, 0.3) is 0 Å². The fourth-order valence-electron chi connectivity index (χ4n) is 2.18. The third-order valence-corrected chi connectivity index (χ3v) is 4.19. The highest BCUT2D eigenvalue weighted by molar-refractivity contribution is 6.38. The summed E-state index contributed by atoms with van der Waals surface area (Å²) >= 11 is 12.3. The number of phenolic OH excluding ortho intramolecular Hbond substituents is 1. The lowest BCUT2D eigenvalue weighted by molar-refractivity contribution is 0.452. The first-order valence-electron chi connectivity index (χ1n) is 7.99. The minimum atomic E-state index is -0.866. The summed E-state index contributed by atoms with van der Waals surface area (Å²) in [5, 5.41) is 12.7. The number of rotatable bonds is 6. The first-order valence-corrected chi connectivity index (χ1v) is 8.75. The van der Waals surface area contributed by atoms with E-state index in [-0.39, 0.29) is 33.3 Å². The lowest BCUT2D eigenvalue weighted by Crippen LogP contribution is -2.11. The third-order valence-electron chi connectivity index (χ3n) is 3.52. The zero-order valence-corrected chi connectivity index (χ0v) is 16.0. The molecule has 2 rings (SSSR count). The fraction of sp³-hybridized carbons (Fsp3) is 0.389. The van der Waals surface area contributed by atoms with Crippen LogP contribution in [0.25, 0.3) is 0 Å². The molecule has 4 nitrogen and oxygen atoms in total. The SMILES string of the molecule is CC(C)CNc1nc(F)c(Cl)c(Oc2ccc(O)c(C(C)C)c2)c1Cl. The van der Waals surface area contributed by atoms with E-state index in [1.54, 1.807) is 12.1 Å². The van der Waals surface area contributed by atoms with E-state index >= 15 is 0 Å². The van der Waals surface area contributed by atoms with Crippen molar-refractivity contribution in [2.45, 2.75) is 33.6 Å². The van der Waals surface area contributed by atoms with Gasteiger partial charge in [-0.15, -0.1) is 0 Å². The molecule has 0 saturated carbocycles. The van der Waals surface area contributed by atoms with Gasteiger partial charge in [-0.25, -0.2) is 0 Å². The molecule has 0 aliphatic carbocycles. The molecular formula is C18H21Cl2FN2O2. The van der Waals surface area contributed by atoms with Crippen LogP contribution in [0.4, 0.5) is 10.2 Å². The van der Waals surface area contributed by atoms with Crippen molar-refractivity contribution in [1.82, 2.24) is 4.98 Å². The van der Waals surface area contributed by atoms with Crippen LogP contribution in [-0.4, -0.2) is 16.6 Å². The van der Waals surface area contributed by atoms with Crippen LogP contribution in [-0.2, 0) is 0 Å². The Hall–Kier alpha value is -1.72. The van der Waals surface area contributed by atoms with Gasteiger partial charge in [-0.3, -0.25) is 0 Å². The molecule has 1 aromatic heterocycles. The van der Waals surface area contributed by atoms with Gasteiger partial charge in [0.15, 0.2) is 11.6 Å². The van der Waals surface area contributed by atoms with Gasteiger partial charge in [0.2, 0.25) is 5.95 Å². The van der Waals surface area contributed by atoms with E-state index in [0.717, 1.165) is 0 Å². The van der Waals surface area contributed by atoms with Crippen molar-refractivity contribution in [2.24, 2.45) is 5.92 Å². The van der Waals surface area contributed by atoms with Crippen molar-refractivity contribution in [1.29, 1.82) is 0 Å². The second-order valence-electron chi connectivity index (χ2n) is 6.46. The lowest BCUT2D eigenvalue weighted by atomic mass is 10.0. The molecule has 0 amide bonds. The van der Waals surface area contributed by atoms with Crippen molar-refractivity contribution in [3.8, 4) is 17.2 Å². The van der Waals surface area contributed by atoms with Crippen LogP contribution in [0.2, 0.25) is 10.0 Å². The lowest BCUT2D eigenvalue weighted by Gasteiger charge is -2.16. The minimum Gasteiger partial charge on any atom is -0.508 e. The predicted octanol–water partition coefficient (Wildman–Crippen LogP) is 6.22. The molecule has 0 aliphatic rings. The molecule has 25 heavy (non-hydrogen) atoms. The first kappa shape index (κ1) is 19.6. The van der Waals surface area contributed by atoms with Crippen LogP contribution in [0.5, 0.6) is 17.2 Å². The predicted molar refractivity (Wildman–Crippen MR) is 99.8 cm³/mol. The Bertz CT molecular complexity index is 767. The van der Waals surface area contributed by atoms with Crippen molar-refractivity contribution < 1.29 is 14.2 Å². The Morgan fingerprint density at radius 1 is 1.20 bits per heavy atom. The Morgan fingerprint density at radius 2 is 1.88 bits per heavy atom. The topological polar surface area (TPSA) is 54.4 Å². The summed E-state index contributed by atoms with van der Waals surface area (Å²) < 4.78 is 19.8. The molecule has 0 unspecified atom stereocenters. The monoisotopic (exact) mass is 386 g/mol.